The van der Waals surface area contributed by atoms with Gasteiger partial charge in [-0.2, -0.15) is 26.3 Å². The zero-order valence-electron chi connectivity index (χ0n) is 11.1. The molecule has 1 rings (SSSR count). The Hall–Kier alpha value is -1.44. The summed E-state index contributed by atoms with van der Waals surface area (Å²) in [4.78, 5) is 0. The molecule has 0 aliphatic heterocycles. The van der Waals surface area contributed by atoms with Crippen molar-refractivity contribution in [2.75, 3.05) is 6.61 Å². The first-order chi connectivity index (χ1) is 9.43. The Kier molecular flexibility index (Phi) is 5.14. The average Bonchev–Trinajstić information content (AvgIpc) is 2.33. The molecule has 1 aromatic rings. The second-order valence-electron chi connectivity index (χ2n) is 4.66. The minimum Gasteiger partial charge on any atom is -0.494 e. The fraction of sp³-hybridized carbons (Fsp3) is 0.538. The molecule has 8 heteroatoms. The van der Waals surface area contributed by atoms with Gasteiger partial charge < -0.3 is 9.84 Å². The van der Waals surface area contributed by atoms with Crippen LogP contribution in [0, 0.1) is 0 Å². The van der Waals surface area contributed by atoms with E-state index in [1.165, 1.54) is 12.1 Å². The van der Waals surface area contributed by atoms with Crippen molar-refractivity contribution in [3.63, 3.8) is 0 Å². The van der Waals surface area contributed by atoms with Crippen LogP contribution in [0.4, 0.5) is 26.3 Å². The van der Waals surface area contributed by atoms with Crippen LogP contribution >= 0.6 is 0 Å². The molecule has 0 saturated heterocycles. The average molecular weight is 316 g/mol. The first kappa shape index (κ1) is 17.6. The molecule has 0 spiro atoms. The maximum Gasteiger partial charge on any atom is 0.421 e. The lowest BCUT2D eigenvalue weighted by Crippen LogP contribution is -2.39. The number of ether oxygens (including phenoxy) is 1. The van der Waals surface area contributed by atoms with Gasteiger partial charge in [0.25, 0.3) is 0 Å². The summed E-state index contributed by atoms with van der Waals surface area (Å²) in [7, 11) is 0. The standard InChI is InChI=1S/C13H14F6O2/c1-11(20,13(17,18)19)9-3-5-10(6-4-9)21-8-2-7-12(14,15)16/h3-6,20H,2,7-8H2,1H3. The minimum atomic E-state index is -4.83. The van der Waals surface area contributed by atoms with E-state index in [2.05, 4.69) is 0 Å². The summed E-state index contributed by atoms with van der Waals surface area (Å²) in [6.07, 6.45) is -10.3. The highest BCUT2D eigenvalue weighted by molar-refractivity contribution is 5.31. The number of alkyl halides is 6. The smallest absolute Gasteiger partial charge is 0.421 e. The molecule has 0 radical (unpaired) electrons. The topological polar surface area (TPSA) is 29.5 Å². The molecule has 1 unspecified atom stereocenters. The largest absolute Gasteiger partial charge is 0.494 e. The molecule has 0 aliphatic rings. The van der Waals surface area contributed by atoms with Gasteiger partial charge in [0.2, 0.25) is 0 Å². The summed E-state index contributed by atoms with van der Waals surface area (Å²) in [6.45, 7) is 0.417. The highest BCUT2D eigenvalue weighted by Gasteiger charge is 2.51. The van der Waals surface area contributed by atoms with Crippen LogP contribution < -0.4 is 4.74 Å². The molecule has 0 amide bonds. The number of hydrogen-bond donors (Lipinski definition) is 1. The van der Waals surface area contributed by atoms with Crippen molar-refractivity contribution in [2.24, 2.45) is 0 Å². The van der Waals surface area contributed by atoms with Crippen LogP contribution in [0.15, 0.2) is 24.3 Å². The molecule has 0 fully saturated rings. The van der Waals surface area contributed by atoms with Crippen molar-refractivity contribution < 1.29 is 36.2 Å². The van der Waals surface area contributed by atoms with Crippen molar-refractivity contribution in [2.45, 2.75) is 37.7 Å². The van der Waals surface area contributed by atoms with E-state index in [9.17, 15) is 31.4 Å². The van der Waals surface area contributed by atoms with Crippen LogP contribution in [0.1, 0.15) is 25.3 Å². The number of rotatable bonds is 5. The van der Waals surface area contributed by atoms with Crippen molar-refractivity contribution in [1.82, 2.24) is 0 Å². The summed E-state index contributed by atoms with van der Waals surface area (Å²) >= 11 is 0. The summed E-state index contributed by atoms with van der Waals surface area (Å²) in [5.74, 6) is 0.138. The Balaban J connectivity index is 2.59. The molecule has 0 heterocycles. The molecular weight excluding hydrogens is 302 g/mol. The number of hydrogen-bond acceptors (Lipinski definition) is 2. The first-order valence-corrected chi connectivity index (χ1v) is 6.03. The molecule has 0 aliphatic carbocycles. The zero-order chi connectivity index (χ0) is 16.3. The highest BCUT2D eigenvalue weighted by Crippen LogP contribution is 2.38. The minimum absolute atomic E-state index is 0.138. The van der Waals surface area contributed by atoms with E-state index in [1.807, 2.05) is 0 Å². The fourth-order valence-electron chi connectivity index (χ4n) is 1.50. The molecule has 0 aromatic heterocycles. The Bertz CT molecular complexity index is 447. The third-order valence-corrected chi connectivity index (χ3v) is 2.84. The molecular formula is C13H14F6O2. The second kappa shape index (κ2) is 6.13. The lowest BCUT2D eigenvalue weighted by Gasteiger charge is -2.26. The van der Waals surface area contributed by atoms with Gasteiger partial charge in [0.05, 0.1) is 6.61 Å². The monoisotopic (exact) mass is 316 g/mol. The Morgan fingerprint density at radius 2 is 1.52 bits per heavy atom. The maximum atomic E-state index is 12.6. The van der Waals surface area contributed by atoms with Gasteiger partial charge in [0, 0.05) is 6.42 Å². The first-order valence-electron chi connectivity index (χ1n) is 6.03. The lowest BCUT2D eigenvalue weighted by molar-refractivity contribution is -0.258. The summed E-state index contributed by atoms with van der Waals surface area (Å²) in [5.41, 5.74) is -3.38. The number of benzene rings is 1. The van der Waals surface area contributed by atoms with E-state index in [1.54, 1.807) is 0 Å². The third kappa shape index (κ3) is 5.11. The quantitative estimate of drug-likeness (QED) is 0.652. The summed E-state index contributed by atoms with van der Waals surface area (Å²) in [5, 5.41) is 9.43. The molecule has 120 valence electrons. The number of halogens is 6. The van der Waals surface area contributed by atoms with E-state index >= 15 is 0 Å². The molecule has 1 N–H and O–H groups in total. The van der Waals surface area contributed by atoms with Crippen LogP contribution in [0.25, 0.3) is 0 Å². The highest BCUT2D eigenvalue weighted by atomic mass is 19.4. The second-order valence-corrected chi connectivity index (χ2v) is 4.66. The Morgan fingerprint density at radius 3 is 1.95 bits per heavy atom. The third-order valence-electron chi connectivity index (χ3n) is 2.84. The van der Waals surface area contributed by atoms with Gasteiger partial charge in [-0.25, -0.2) is 0 Å². The summed E-state index contributed by atoms with van der Waals surface area (Å²) in [6, 6.07) is 4.38. The Labute approximate surface area is 117 Å². The van der Waals surface area contributed by atoms with Crippen LogP contribution in [0.2, 0.25) is 0 Å². The number of aliphatic hydroxyl groups is 1. The molecule has 2 nitrogen and oxygen atoms in total. The van der Waals surface area contributed by atoms with E-state index in [0.717, 1.165) is 12.1 Å². The van der Waals surface area contributed by atoms with Gasteiger partial charge >= 0.3 is 12.4 Å². The fourth-order valence-corrected chi connectivity index (χ4v) is 1.50. The molecule has 0 bridgehead atoms. The van der Waals surface area contributed by atoms with E-state index in [-0.39, 0.29) is 24.3 Å². The van der Waals surface area contributed by atoms with E-state index < -0.39 is 24.4 Å². The van der Waals surface area contributed by atoms with E-state index in [4.69, 9.17) is 4.74 Å². The molecule has 1 atom stereocenters. The molecule has 0 saturated carbocycles. The van der Waals surface area contributed by atoms with Crippen LogP contribution in [0.5, 0.6) is 5.75 Å². The SMILES string of the molecule is CC(O)(c1ccc(OCCCC(F)(F)F)cc1)C(F)(F)F. The predicted octanol–water partition coefficient (Wildman–Crippen LogP) is 4.18. The molecule has 21 heavy (non-hydrogen) atoms. The van der Waals surface area contributed by atoms with Crippen LogP contribution in [-0.2, 0) is 5.60 Å². The lowest BCUT2D eigenvalue weighted by atomic mass is 9.95. The van der Waals surface area contributed by atoms with Gasteiger partial charge in [-0.1, -0.05) is 12.1 Å². The summed E-state index contributed by atoms with van der Waals surface area (Å²) < 4.78 is 78.4. The van der Waals surface area contributed by atoms with Gasteiger partial charge in [-0.15, -0.1) is 0 Å². The predicted molar refractivity (Wildman–Crippen MR) is 62.9 cm³/mol. The van der Waals surface area contributed by atoms with Gasteiger partial charge in [-0.3, -0.25) is 0 Å². The maximum absolute atomic E-state index is 12.6. The Morgan fingerprint density at radius 1 is 1.00 bits per heavy atom. The molecule has 1 aromatic carbocycles. The van der Waals surface area contributed by atoms with Crippen molar-refractivity contribution in [1.29, 1.82) is 0 Å². The van der Waals surface area contributed by atoms with Gasteiger partial charge in [0.15, 0.2) is 5.60 Å². The van der Waals surface area contributed by atoms with Gasteiger partial charge in [-0.05, 0) is 31.0 Å². The van der Waals surface area contributed by atoms with Crippen LogP contribution in [-0.4, -0.2) is 24.1 Å². The van der Waals surface area contributed by atoms with Crippen molar-refractivity contribution in [3.8, 4) is 5.75 Å². The zero-order valence-corrected chi connectivity index (χ0v) is 11.1. The van der Waals surface area contributed by atoms with E-state index in [0.29, 0.717) is 6.92 Å². The van der Waals surface area contributed by atoms with Crippen molar-refractivity contribution in [3.05, 3.63) is 29.8 Å². The normalized spacial score (nSPS) is 15.6. The van der Waals surface area contributed by atoms with Gasteiger partial charge in [0.1, 0.15) is 5.75 Å². The van der Waals surface area contributed by atoms with Crippen molar-refractivity contribution >= 4 is 0 Å². The van der Waals surface area contributed by atoms with Crippen LogP contribution in [0.3, 0.4) is 0 Å².